The zero-order chi connectivity index (χ0) is 26.5. The molecule has 0 aliphatic heterocycles. The molecule has 0 bridgehead atoms. The number of rotatable bonds is 7. The number of aliphatic imine (C=N–C) groups is 1. The highest BCUT2D eigenvalue weighted by molar-refractivity contribution is 6.35. The summed E-state index contributed by atoms with van der Waals surface area (Å²) in [6, 6.07) is 19.2. The SMILES string of the molecule is CCCc1nc2c(Cl)cc(N(C)C(N)=NC#N)cc2n1Cc1ccc(-c2ccccc2C(=O)OC)cc1. The Kier molecular flexibility index (Phi) is 7.75. The van der Waals surface area contributed by atoms with Crippen molar-refractivity contribution in [2.45, 2.75) is 26.3 Å². The first-order valence-corrected chi connectivity index (χ1v) is 12.2. The molecule has 4 rings (SSSR count). The highest BCUT2D eigenvalue weighted by atomic mass is 35.5. The number of hydrogen-bond acceptors (Lipinski definition) is 5. The summed E-state index contributed by atoms with van der Waals surface area (Å²) in [5.74, 6) is 0.630. The number of ether oxygens (including phenoxy) is 1. The van der Waals surface area contributed by atoms with Crippen LogP contribution in [0.4, 0.5) is 5.69 Å². The molecule has 37 heavy (non-hydrogen) atoms. The number of guanidine groups is 1. The number of nitrogens with zero attached hydrogens (tertiary/aromatic N) is 5. The second-order valence-corrected chi connectivity index (χ2v) is 8.93. The van der Waals surface area contributed by atoms with E-state index in [9.17, 15) is 4.79 Å². The van der Waals surface area contributed by atoms with Crippen LogP contribution in [0.2, 0.25) is 5.02 Å². The van der Waals surface area contributed by atoms with Gasteiger partial charge in [0.2, 0.25) is 12.2 Å². The van der Waals surface area contributed by atoms with E-state index in [2.05, 4.69) is 16.5 Å². The van der Waals surface area contributed by atoms with Crippen molar-refractivity contribution >= 4 is 40.3 Å². The molecular formula is C28H27ClN6O2. The molecule has 0 aliphatic rings. The number of esters is 1. The lowest BCUT2D eigenvalue weighted by Crippen LogP contribution is -2.33. The minimum absolute atomic E-state index is 0.0700. The molecule has 0 radical (unpaired) electrons. The van der Waals surface area contributed by atoms with Crippen LogP contribution in [0.5, 0.6) is 0 Å². The van der Waals surface area contributed by atoms with E-state index in [4.69, 9.17) is 32.3 Å². The Labute approximate surface area is 220 Å². The number of nitrogens with two attached hydrogens (primary N) is 1. The van der Waals surface area contributed by atoms with Crippen molar-refractivity contribution in [3.05, 3.63) is 82.6 Å². The summed E-state index contributed by atoms with van der Waals surface area (Å²) in [6.45, 7) is 2.69. The fraction of sp³-hybridized carbons (Fsp3) is 0.214. The second-order valence-electron chi connectivity index (χ2n) is 8.52. The molecule has 1 aromatic heterocycles. The Morgan fingerprint density at radius 2 is 1.95 bits per heavy atom. The molecule has 2 N–H and O–H groups in total. The normalized spacial score (nSPS) is 11.4. The number of anilines is 1. The molecule has 0 amide bonds. The molecule has 0 fully saturated rings. The van der Waals surface area contributed by atoms with Crippen LogP contribution >= 0.6 is 11.6 Å². The molecule has 0 spiro atoms. The molecular weight excluding hydrogens is 488 g/mol. The molecule has 3 aromatic carbocycles. The Hall–Kier alpha value is -4.35. The van der Waals surface area contributed by atoms with Crippen molar-refractivity contribution in [1.29, 1.82) is 5.26 Å². The average Bonchev–Trinajstić information content (AvgIpc) is 3.26. The lowest BCUT2D eigenvalue weighted by atomic mass is 9.98. The van der Waals surface area contributed by atoms with Crippen molar-refractivity contribution in [2.24, 2.45) is 10.7 Å². The second kappa shape index (κ2) is 11.1. The minimum Gasteiger partial charge on any atom is -0.465 e. The maximum Gasteiger partial charge on any atom is 0.338 e. The highest BCUT2D eigenvalue weighted by Crippen LogP contribution is 2.31. The van der Waals surface area contributed by atoms with E-state index in [1.54, 1.807) is 30.3 Å². The Morgan fingerprint density at radius 1 is 1.22 bits per heavy atom. The number of fused-ring (bicyclic) bond motifs is 1. The molecule has 8 nitrogen and oxygen atoms in total. The number of methoxy groups -OCH3 is 1. The monoisotopic (exact) mass is 514 g/mol. The first-order chi connectivity index (χ1) is 17.9. The van der Waals surface area contributed by atoms with E-state index in [1.807, 2.05) is 48.5 Å². The van der Waals surface area contributed by atoms with Gasteiger partial charge >= 0.3 is 5.97 Å². The number of imidazole rings is 1. The Balaban J connectivity index is 1.74. The van der Waals surface area contributed by atoms with Crippen LogP contribution in [0.3, 0.4) is 0 Å². The third-order valence-electron chi connectivity index (χ3n) is 6.18. The number of hydrogen-bond donors (Lipinski definition) is 1. The lowest BCUT2D eigenvalue weighted by molar-refractivity contribution is 0.0601. The van der Waals surface area contributed by atoms with E-state index in [0.717, 1.165) is 40.9 Å². The zero-order valence-electron chi connectivity index (χ0n) is 20.9. The van der Waals surface area contributed by atoms with Gasteiger partial charge in [-0.15, -0.1) is 4.99 Å². The Bertz CT molecular complexity index is 1520. The molecule has 188 valence electrons. The van der Waals surface area contributed by atoms with Crippen molar-refractivity contribution in [3.63, 3.8) is 0 Å². The first kappa shape index (κ1) is 25.7. The van der Waals surface area contributed by atoms with Gasteiger partial charge in [-0.25, -0.2) is 9.78 Å². The lowest BCUT2D eigenvalue weighted by Gasteiger charge is -2.18. The quantitative estimate of drug-likeness (QED) is 0.153. The predicted molar refractivity (Wildman–Crippen MR) is 147 cm³/mol. The molecule has 0 aliphatic carbocycles. The summed E-state index contributed by atoms with van der Waals surface area (Å²) in [5, 5.41) is 9.36. The summed E-state index contributed by atoms with van der Waals surface area (Å²) in [4.78, 5) is 22.3. The maximum absolute atomic E-state index is 12.2. The summed E-state index contributed by atoms with van der Waals surface area (Å²) in [6.07, 6.45) is 3.43. The van der Waals surface area contributed by atoms with Crippen LogP contribution < -0.4 is 10.6 Å². The smallest absolute Gasteiger partial charge is 0.338 e. The van der Waals surface area contributed by atoms with Gasteiger partial charge in [-0.05, 0) is 41.3 Å². The van der Waals surface area contributed by atoms with Gasteiger partial charge < -0.3 is 19.9 Å². The van der Waals surface area contributed by atoms with Crippen LogP contribution in [0, 0.1) is 11.5 Å². The zero-order valence-corrected chi connectivity index (χ0v) is 21.7. The number of aryl methyl sites for hydroxylation is 1. The molecule has 1 heterocycles. The molecule has 0 saturated heterocycles. The molecule has 9 heteroatoms. The van der Waals surface area contributed by atoms with E-state index < -0.39 is 0 Å². The van der Waals surface area contributed by atoms with E-state index in [1.165, 1.54) is 7.11 Å². The summed E-state index contributed by atoms with van der Waals surface area (Å²) >= 11 is 6.63. The van der Waals surface area contributed by atoms with Gasteiger partial charge in [-0.1, -0.05) is 61.0 Å². The van der Waals surface area contributed by atoms with E-state index >= 15 is 0 Å². The maximum atomic E-state index is 12.2. The molecule has 0 unspecified atom stereocenters. The fourth-order valence-corrected chi connectivity index (χ4v) is 4.50. The summed E-state index contributed by atoms with van der Waals surface area (Å²) in [5.41, 5.74) is 11.5. The standard InChI is InChI=1S/C28H27ClN6O2/c1-4-7-25-33-26-23(29)14-20(34(2)28(31)32-17-30)15-24(26)35(25)16-18-10-12-19(13-11-18)21-8-5-6-9-22(21)27(36)37-3/h5-6,8-15H,4,7,16H2,1-3H3,(H2,31,32). The van der Waals surface area contributed by atoms with Crippen LogP contribution in [0.15, 0.2) is 65.7 Å². The van der Waals surface area contributed by atoms with Gasteiger partial charge in [0, 0.05) is 25.7 Å². The minimum atomic E-state index is -0.369. The third kappa shape index (κ3) is 5.27. The van der Waals surface area contributed by atoms with E-state index in [0.29, 0.717) is 28.3 Å². The van der Waals surface area contributed by atoms with Gasteiger partial charge in [0.05, 0.1) is 23.2 Å². The average molecular weight is 515 g/mol. The summed E-state index contributed by atoms with van der Waals surface area (Å²) in [7, 11) is 3.11. The van der Waals surface area contributed by atoms with Crippen LogP contribution in [0.1, 0.15) is 35.1 Å². The summed E-state index contributed by atoms with van der Waals surface area (Å²) < 4.78 is 7.09. The van der Waals surface area contributed by atoms with Crippen LogP contribution in [-0.2, 0) is 17.7 Å². The molecule has 4 aromatic rings. The number of nitriles is 1. The van der Waals surface area contributed by atoms with Crippen molar-refractivity contribution in [1.82, 2.24) is 9.55 Å². The van der Waals surface area contributed by atoms with E-state index in [-0.39, 0.29) is 11.9 Å². The van der Waals surface area contributed by atoms with Gasteiger partial charge in [0.1, 0.15) is 11.3 Å². The largest absolute Gasteiger partial charge is 0.465 e. The predicted octanol–water partition coefficient (Wildman–Crippen LogP) is 5.38. The number of carbonyl (C=O) groups excluding carboxylic acids is 1. The van der Waals surface area contributed by atoms with Crippen molar-refractivity contribution in [3.8, 4) is 17.3 Å². The van der Waals surface area contributed by atoms with Gasteiger partial charge in [0.15, 0.2) is 0 Å². The fourth-order valence-electron chi connectivity index (χ4n) is 4.25. The number of benzene rings is 3. The Morgan fingerprint density at radius 3 is 2.62 bits per heavy atom. The topological polar surface area (TPSA) is 110 Å². The number of carbonyl (C=O) groups is 1. The first-order valence-electron chi connectivity index (χ1n) is 11.8. The number of aromatic nitrogens is 2. The van der Waals surface area contributed by atoms with Crippen LogP contribution in [-0.4, -0.2) is 35.6 Å². The van der Waals surface area contributed by atoms with Crippen LogP contribution in [0.25, 0.3) is 22.2 Å². The van der Waals surface area contributed by atoms with Crippen molar-refractivity contribution in [2.75, 3.05) is 19.1 Å². The molecule has 0 atom stereocenters. The highest BCUT2D eigenvalue weighted by Gasteiger charge is 2.18. The molecule has 0 saturated carbocycles. The third-order valence-corrected chi connectivity index (χ3v) is 6.47. The van der Waals surface area contributed by atoms with Crippen molar-refractivity contribution < 1.29 is 9.53 Å². The van der Waals surface area contributed by atoms with Gasteiger partial charge in [-0.3, -0.25) is 0 Å². The van der Waals surface area contributed by atoms with Gasteiger partial charge in [-0.2, -0.15) is 5.26 Å². The number of halogens is 1. The van der Waals surface area contributed by atoms with Gasteiger partial charge in [0.25, 0.3) is 0 Å².